The molecule has 4 saturated carbocycles. The fraction of sp³-hybridized carbons (Fsp3) is 0.880. The highest BCUT2D eigenvalue weighted by atomic mass is 16.5. The van der Waals surface area contributed by atoms with Crippen LogP contribution in [0.3, 0.4) is 0 Å². The van der Waals surface area contributed by atoms with Crippen LogP contribution in [0.1, 0.15) is 85.0 Å². The molecule has 0 aromatic heterocycles. The fourth-order valence-electron chi connectivity index (χ4n) is 8.34. The van der Waals surface area contributed by atoms with Gasteiger partial charge in [-0.3, -0.25) is 14.4 Å². The highest BCUT2D eigenvalue weighted by molar-refractivity contribution is 5.87. The zero-order valence-electron chi connectivity index (χ0n) is 18.7. The van der Waals surface area contributed by atoms with E-state index in [-0.39, 0.29) is 16.8 Å². The van der Waals surface area contributed by atoms with Crippen LogP contribution < -0.4 is 0 Å². The molecule has 0 spiro atoms. The van der Waals surface area contributed by atoms with Gasteiger partial charge in [0.2, 0.25) is 0 Å². The molecule has 162 valence electrons. The van der Waals surface area contributed by atoms with Crippen molar-refractivity contribution in [3.63, 3.8) is 0 Å². The molecule has 0 amide bonds. The summed E-state index contributed by atoms with van der Waals surface area (Å²) in [5, 5.41) is 0. The van der Waals surface area contributed by atoms with Crippen LogP contribution in [0.25, 0.3) is 0 Å². The number of fused-ring (bicyclic) bond motifs is 5. The van der Waals surface area contributed by atoms with E-state index in [0.29, 0.717) is 66.3 Å². The number of ether oxygens (including phenoxy) is 1. The van der Waals surface area contributed by atoms with Crippen molar-refractivity contribution in [2.24, 2.45) is 46.3 Å². The zero-order valence-corrected chi connectivity index (χ0v) is 18.7. The third kappa shape index (κ3) is 3.20. The lowest BCUT2D eigenvalue weighted by Crippen LogP contribution is -2.57. The molecule has 8 unspecified atom stereocenters. The Kier molecular flexibility index (Phi) is 5.44. The van der Waals surface area contributed by atoms with Crippen molar-refractivity contribution in [1.82, 2.24) is 0 Å². The van der Waals surface area contributed by atoms with E-state index in [1.165, 1.54) is 13.5 Å². The minimum Gasteiger partial charge on any atom is -0.469 e. The van der Waals surface area contributed by atoms with Gasteiger partial charge in [-0.25, -0.2) is 0 Å². The second-order valence-electron chi connectivity index (χ2n) is 11.1. The monoisotopic (exact) mass is 402 g/mol. The molecule has 0 aliphatic heterocycles. The largest absolute Gasteiger partial charge is 0.469 e. The number of Topliss-reactive ketones (excluding diaryl/α,β-unsaturated/α-hetero) is 2. The molecule has 29 heavy (non-hydrogen) atoms. The van der Waals surface area contributed by atoms with E-state index in [1.807, 2.05) is 0 Å². The molecule has 4 rings (SSSR count). The Morgan fingerprint density at radius 2 is 1.86 bits per heavy atom. The SMILES string of the molecule is COC(=O)CCC(C)C1CCC2C3CCC4CC(=O)CCC4(C)C3CC(=O)C12C. The summed E-state index contributed by atoms with van der Waals surface area (Å²) < 4.78 is 4.83. The molecular weight excluding hydrogens is 364 g/mol. The van der Waals surface area contributed by atoms with E-state index in [0.717, 1.165) is 38.5 Å². The van der Waals surface area contributed by atoms with Crippen LogP contribution in [0.4, 0.5) is 0 Å². The number of hydrogen-bond donors (Lipinski definition) is 0. The van der Waals surface area contributed by atoms with E-state index >= 15 is 0 Å². The zero-order chi connectivity index (χ0) is 21.0. The van der Waals surface area contributed by atoms with Crippen LogP contribution in [-0.2, 0) is 19.1 Å². The Labute approximate surface area is 175 Å². The van der Waals surface area contributed by atoms with Gasteiger partial charge in [0.05, 0.1) is 7.11 Å². The Bertz CT molecular complexity index is 699. The molecule has 0 heterocycles. The molecule has 0 N–H and O–H groups in total. The normalized spacial score (nSPS) is 45.2. The summed E-state index contributed by atoms with van der Waals surface area (Å²) >= 11 is 0. The highest BCUT2D eigenvalue weighted by Gasteiger charge is 2.63. The van der Waals surface area contributed by atoms with Gasteiger partial charge in [-0.1, -0.05) is 20.8 Å². The van der Waals surface area contributed by atoms with Crippen molar-refractivity contribution in [2.45, 2.75) is 85.0 Å². The van der Waals surface area contributed by atoms with Gasteiger partial charge in [-0.05, 0) is 79.4 Å². The van der Waals surface area contributed by atoms with Gasteiger partial charge in [0.15, 0.2) is 0 Å². The molecule has 4 heteroatoms. The predicted octanol–water partition coefficient (Wildman–Crippen LogP) is 4.98. The molecule has 0 saturated heterocycles. The first-order valence-electron chi connectivity index (χ1n) is 11.8. The topological polar surface area (TPSA) is 60.4 Å². The Morgan fingerprint density at radius 1 is 1.10 bits per heavy atom. The Balaban J connectivity index is 1.55. The molecule has 4 fully saturated rings. The van der Waals surface area contributed by atoms with Crippen molar-refractivity contribution in [2.75, 3.05) is 7.11 Å². The van der Waals surface area contributed by atoms with Gasteiger partial charge in [-0.15, -0.1) is 0 Å². The van der Waals surface area contributed by atoms with Crippen LogP contribution in [0, 0.1) is 46.3 Å². The lowest BCUT2D eigenvalue weighted by atomic mass is 9.44. The van der Waals surface area contributed by atoms with Gasteiger partial charge in [0.25, 0.3) is 0 Å². The lowest BCUT2D eigenvalue weighted by Gasteiger charge is -2.59. The molecular formula is C25H38O4. The van der Waals surface area contributed by atoms with Crippen molar-refractivity contribution >= 4 is 17.5 Å². The van der Waals surface area contributed by atoms with Crippen LogP contribution in [0.5, 0.6) is 0 Å². The molecule has 4 aliphatic rings. The number of carbonyl (C=O) groups is 3. The van der Waals surface area contributed by atoms with Gasteiger partial charge < -0.3 is 4.74 Å². The summed E-state index contributed by atoms with van der Waals surface area (Å²) in [6.45, 7) is 6.87. The number of carbonyl (C=O) groups excluding carboxylic acids is 3. The molecule has 4 nitrogen and oxygen atoms in total. The number of esters is 1. The van der Waals surface area contributed by atoms with E-state index in [1.54, 1.807) is 0 Å². The number of methoxy groups -OCH3 is 1. The average Bonchev–Trinajstić information content (AvgIpc) is 3.06. The quantitative estimate of drug-likeness (QED) is 0.622. The first kappa shape index (κ1) is 21.1. The fourth-order valence-corrected chi connectivity index (χ4v) is 8.34. The molecule has 0 aromatic rings. The minimum atomic E-state index is -0.232. The molecule has 8 atom stereocenters. The van der Waals surface area contributed by atoms with Crippen LogP contribution in [0.15, 0.2) is 0 Å². The Hall–Kier alpha value is -1.19. The van der Waals surface area contributed by atoms with E-state index in [9.17, 15) is 14.4 Å². The maximum atomic E-state index is 13.7. The second kappa shape index (κ2) is 7.50. The first-order valence-corrected chi connectivity index (χ1v) is 11.8. The molecule has 0 bridgehead atoms. The highest BCUT2D eigenvalue weighted by Crippen LogP contribution is 2.67. The predicted molar refractivity (Wildman–Crippen MR) is 111 cm³/mol. The maximum Gasteiger partial charge on any atom is 0.305 e. The lowest BCUT2D eigenvalue weighted by molar-refractivity contribution is -0.159. The van der Waals surface area contributed by atoms with Crippen molar-refractivity contribution in [3.05, 3.63) is 0 Å². The second-order valence-corrected chi connectivity index (χ2v) is 11.1. The van der Waals surface area contributed by atoms with Crippen molar-refractivity contribution in [1.29, 1.82) is 0 Å². The third-order valence-corrected chi connectivity index (χ3v) is 10.1. The number of hydrogen-bond acceptors (Lipinski definition) is 4. The van der Waals surface area contributed by atoms with Crippen molar-refractivity contribution in [3.8, 4) is 0 Å². The molecule has 4 aliphatic carbocycles. The van der Waals surface area contributed by atoms with Crippen LogP contribution in [0.2, 0.25) is 0 Å². The summed E-state index contributed by atoms with van der Waals surface area (Å²) in [6, 6.07) is 0. The van der Waals surface area contributed by atoms with Crippen LogP contribution in [-0.4, -0.2) is 24.6 Å². The van der Waals surface area contributed by atoms with Crippen molar-refractivity contribution < 1.29 is 19.1 Å². The maximum absolute atomic E-state index is 13.7. The van der Waals surface area contributed by atoms with E-state index in [2.05, 4.69) is 20.8 Å². The van der Waals surface area contributed by atoms with Gasteiger partial charge >= 0.3 is 5.97 Å². The molecule has 0 aromatic carbocycles. The minimum absolute atomic E-state index is 0.148. The average molecular weight is 403 g/mol. The summed E-state index contributed by atoms with van der Waals surface area (Å²) in [6.07, 6.45) is 9.00. The molecule has 0 radical (unpaired) electrons. The summed E-state index contributed by atoms with van der Waals surface area (Å²) in [7, 11) is 1.44. The summed E-state index contributed by atoms with van der Waals surface area (Å²) in [5.41, 5.74) is -0.0627. The first-order chi connectivity index (χ1) is 13.7. The standard InChI is InChI=1S/C25H38O4/c1-15(5-10-23(28)29-4)19-8-9-20-18-7-6-16-13-17(26)11-12-24(16,2)21(18)14-22(27)25(19,20)3/h15-16,18-21H,5-14H2,1-4H3. The number of rotatable bonds is 4. The third-order valence-electron chi connectivity index (χ3n) is 10.1. The number of ketones is 2. The van der Waals surface area contributed by atoms with Gasteiger partial charge in [-0.2, -0.15) is 0 Å². The Morgan fingerprint density at radius 3 is 2.59 bits per heavy atom. The smallest absolute Gasteiger partial charge is 0.305 e. The summed E-state index contributed by atoms with van der Waals surface area (Å²) in [4.78, 5) is 37.4. The van der Waals surface area contributed by atoms with Gasteiger partial charge in [0.1, 0.15) is 11.6 Å². The van der Waals surface area contributed by atoms with Gasteiger partial charge in [0, 0.05) is 31.1 Å². The van der Waals surface area contributed by atoms with E-state index in [4.69, 9.17) is 4.74 Å². The van der Waals surface area contributed by atoms with E-state index < -0.39 is 0 Å². The summed E-state index contributed by atoms with van der Waals surface area (Å²) in [5.74, 6) is 3.55. The van der Waals surface area contributed by atoms with Crippen LogP contribution >= 0.6 is 0 Å².